The van der Waals surface area contributed by atoms with E-state index in [1.54, 1.807) is 0 Å². The van der Waals surface area contributed by atoms with Gasteiger partial charge in [0.1, 0.15) is 0 Å². The quantitative estimate of drug-likeness (QED) is 0.455. The summed E-state index contributed by atoms with van der Waals surface area (Å²) >= 11 is 0. The Morgan fingerprint density at radius 1 is 1.17 bits per heavy atom. The van der Waals surface area contributed by atoms with Gasteiger partial charge in [-0.1, -0.05) is 49.6 Å². The van der Waals surface area contributed by atoms with Crippen LogP contribution in [0.1, 0.15) is 50.5 Å². The smallest absolute Gasteiger partial charge is 0.191 e. The maximum absolute atomic E-state index is 10.6. The lowest BCUT2D eigenvalue weighted by molar-refractivity contribution is 0.0131. The molecule has 0 amide bonds. The Labute approximate surface area is 145 Å². The third kappa shape index (κ3) is 5.80. The van der Waals surface area contributed by atoms with Gasteiger partial charge in [0.05, 0.1) is 18.8 Å². The van der Waals surface area contributed by atoms with Gasteiger partial charge in [-0.25, -0.2) is 0 Å². The summed E-state index contributed by atoms with van der Waals surface area (Å²) < 4.78 is 0. The first kappa shape index (κ1) is 18.7. The van der Waals surface area contributed by atoms with Gasteiger partial charge in [-0.05, 0) is 25.3 Å². The average molecular weight is 333 g/mol. The maximum atomic E-state index is 10.6. The summed E-state index contributed by atoms with van der Waals surface area (Å²) in [6, 6.07) is 9.99. The molecule has 0 aromatic heterocycles. The summed E-state index contributed by atoms with van der Waals surface area (Å²) in [5.74, 6) is 0.721. The number of benzene rings is 1. The standard InChI is InChI=1S/C19H31N3O2/c1-2-20-18(22-15-19(24)11-7-4-8-12-19)21-13-17(14-23)16-9-5-3-6-10-16/h3,5-6,9-10,17,23-24H,2,4,7-8,11-15H2,1H3,(H2,20,21,22). The second kappa shape index (κ2) is 9.64. The molecule has 1 aromatic rings. The molecule has 1 atom stereocenters. The Morgan fingerprint density at radius 3 is 2.50 bits per heavy atom. The van der Waals surface area contributed by atoms with Crippen molar-refractivity contribution in [3.05, 3.63) is 35.9 Å². The number of nitrogens with zero attached hydrogens (tertiary/aromatic N) is 1. The lowest BCUT2D eigenvalue weighted by Gasteiger charge is -2.30. The molecule has 0 spiro atoms. The second-order valence-corrected chi connectivity index (χ2v) is 6.65. The third-order valence-corrected chi connectivity index (χ3v) is 4.67. The van der Waals surface area contributed by atoms with Gasteiger partial charge in [-0.2, -0.15) is 0 Å². The van der Waals surface area contributed by atoms with Crippen molar-refractivity contribution >= 4 is 5.96 Å². The Bertz CT molecular complexity index is 499. The first-order valence-electron chi connectivity index (χ1n) is 9.07. The van der Waals surface area contributed by atoms with Gasteiger partial charge in [-0.3, -0.25) is 4.99 Å². The Morgan fingerprint density at radius 2 is 1.88 bits per heavy atom. The SMILES string of the molecule is CCNC(=NCC1(O)CCCCC1)NCC(CO)c1ccccc1. The molecular weight excluding hydrogens is 302 g/mol. The van der Waals surface area contributed by atoms with E-state index in [1.165, 1.54) is 6.42 Å². The molecular formula is C19H31N3O2. The zero-order valence-corrected chi connectivity index (χ0v) is 14.7. The molecule has 1 aliphatic rings. The summed E-state index contributed by atoms with van der Waals surface area (Å²) in [7, 11) is 0. The molecule has 1 aliphatic carbocycles. The molecule has 134 valence electrons. The highest BCUT2D eigenvalue weighted by Crippen LogP contribution is 2.28. The van der Waals surface area contributed by atoms with Crippen LogP contribution in [0.15, 0.2) is 35.3 Å². The molecule has 24 heavy (non-hydrogen) atoms. The summed E-state index contributed by atoms with van der Waals surface area (Å²) in [6.07, 6.45) is 5.03. The van der Waals surface area contributed by atoms with Crippen LogP contribution in [0.5, 0.6) is 0 Å². The van der Waals surface area contributed by atoms with Crippen LogP contribution in [0.25, 0.3) is 0 Å². The van der Waals surface area contributed by atoms with Crippen molar-refractivity contribution in [1.29, 1.82) is 0 Å². The first-order chi connectivity index (χ1) is 11.7. The van der Waals surface area contributed by atoms with Crippen molar-refractivity contribution in [2.24, 2.45) is 4.99 Å². The molecule has 1 fully saturated rings. The number of rotatable bonds is 7. The lowest BCUT2D eigenvalue weighted by atomic mass is 9.85. The minimum atomic E-state index is -0.656. The molecule has 0 heterocycles. The van der Waals surface area contributed by atoms with Gasteiger partial charge in [-0.15, -0.1) is 0 Å². The molecule has 5 heteroatoms. The third-order valence-electron chi connectivity index (χ3n) is 4.67. The van der Waals surface area contributed by atoms with Crippen molar-refractivity contribution in [1.82, 2.24) is 10.6 Å². The van der Waals surface area contributed by atoms with Gasteiger partial charge >= 0.3 is 0 Å². The number of hydrogen-bond acceptors (Lipinski definition) is 3. The van der Waals surface area contributed by atoms with E-state index in [2.05, 4.69) is 15.6 Å². The van der Waals surface area contributed by atoms with Crippen LogP contribution in [-0.4, -0.2) is 48.0 Å². The molecule has 5 nitrogen and oxygen atoms in total. The highest BCUT2D eigenvalue weighted by Gasteiger charge is 2.28. The number of hydrogen-bond donors (Lipinski definition) is 4. The van der Waals surface area contributed by atoms with Crippen molar-refractivity contribution in [2.45, 2.75) is 50.5 Å². The lowest BCUT2D eigenvalue weighted by Crippen LogP contribution is -2.42. The fourth-order valence-corrected chi connectivity index (χ4v) is 3.17. The van der Waals surface area contributed by atoms with Crippen LogP contribution in [0.2, 0.25) is 0 Å². The number of nitrogens with one attached hydrogen (secondary N) is 2. The number of aliphatic hydroxyl groups is 2. The summed E-state index contributed by atoms with van der Waals surface area (Å²) in [4.78, 5) is 4.57. The zero-order chi connectivity index (χ0) is 17.3. The molecule has 1 unspecified atom stereocenters. The maximum Gasteiger partial charge on any atom is 0.191 e. The Kier molecular flexibility index (Phi) is 7.53. The van der Waals surface area contributed by atoms with Crippen molar-refractivity contribution in [3.8, 4) is 0 Å². The minimum absolute atomic E-state index is 0.0211. The van der Waals surface area contributed by atoms with Crippen LogP contribution >= 0.6 is 0 Å². The van der Waals surface area contributed by atoms with Gasteiger partial charge in [0.2, 0.25) is 0 Å². The molecule has 1 aromatic carbocycles. The normalized spacial score (nSPS) is 18.9. The van der Waals surface area contributed by atoms with E-state index in [0.717, 1.165) is 37.8 Å². The van der Waals surface area contributed by atoms with E-state index in [9.17, 15) is 10.2 Å². The van der Waals surface area contributed by atoms with Gasteiger partial charge in [0, 0.05) is 19.0 Å². The first-order valence-corrected chi connectivity index (χ1v) is 9.07. The largest absolute Gasteiger partial charge is 0.396 e. The molecule has 1 saturated carbocycles. The molecule has 2 rings (SSSR count). The van der Waals surface area contributed by atoms with Crippen LogP contribution < -0.4 is 10.6 Å². The van der Waals surface area contributed by atoms with Crippen LogP contribution in [0, 0.1) is 0 Å². The predicted octanol–water partition coefficient (Wildman–Crippen LogP) is 2.01. The fraction of sp³-hybridized carbons (Fsp3) is 0.632. The molecule has 0 bridgehead atoms. The second-order valence-electron chi connectivity index (χ2n) is 6.65. The predicted molar refractivity (Wildman–Crippen MR) is 98.3 cm³/mol. The van der Waals surface area contributed by atoms with Crippen molar-refractivity contribution < 1.29 is 10.2 Å². The fourth-order valence-electron chi connectivity index (χ4n) is 3.17. The van der Waals surface area contributed by atoms with Gasteiger partial charge in [0.15, 0.2) is 5.96 Å². The van der Waals surface area contributed by atoms with Crippen LogP contribution in [0.3, 0.4) is 0 Å². The number of aliphatic imine (C=N–C) groups is 1. The molecule has 0 radical (unpaired) electrons. The highest BCUT2D eigenvalue weighted by molar-refractivity contribution is 5.79. The van der Waals surface area contributed by atoms with Crippen molar-refractivity contribution in [3.63, 3.8) is 0 Å². The Hall–Kier alpha value is -1.59. The van der Waals surface area contributed by atoms with E-state index in [0.29, 0.717) is 19.0 Å². The highest BCUT2D eigenvalue weighted by atomic mass is 16.3. The van der Waals surface area contributed by atoms with Crippen molar-refractivity contribution in [2.75, 3.05) is 26.2 Å². The van der Waals surface area contributed by atoms with Crippen LogP contribution in [-0.2, 0) is 0 Å². The topological polar surface area (TPSA) is 76.9 Å². The molecule has 0 aliphatic heterocycles. The summed E-state index contributed by atoms with van der Waals surface area (Å²) in [5, 5.41) is 26.8. The number of guanidine groups is 1. The molecule has 0 saturated heterocycles. The Balaban J connectivity index is 1.93. The summed E-state index contributed by atoms with van der Waals surface area (Å²) in [5.41, 5.74) is 0.449. The average Bonchev–Trinajstić information content (AvgIpc) is 2.61. The minimum Gasteiger partial charge on any atom is -0.396 e. The van der Waals surface area contributed by atoms with E-state index in [-0.39, 0.29) is 12.5 Å². The monoisotopic (exact) mass is 333 g/mol. The van der Waals surface area contributed by atoms with E-state index < -0.39 is 5.60 Å². The van der Waals surface area contributed by atoms with E-state index in [1.807, 2.05) is 37.3 Å². The van der Waals surface area contributed by atoms with Gasteiger partial charge < -0.3 is 20.8 Å². The summed E-state index contributed by atoms with van der Waals surface area (Å²) in [6.45, 7) is 3.90. The molecule has 4 N–H and O–H groups in total. The van der Waals surface area contributed by atoms with Gasteiger partial charge in [0.25, 0.3) is 0 Å². The zero-order valence-electron chi connectivity index (χ0n) is 14.7. The van der Waals surface area contributed by atoms with Crippen LogP contribution in [0.4, 0.5) is 0 Å². The van der Waals surface area contributed by atoms with E-state index >= 15 is 0 Å². The van der Waals surface area contributed by atoms with E-state index in [4.69, 9.17) is 0 Å². The number of aliphatic hydroxyl groups excluding tert-OH is 1.